The van der Waals surface area contributed by atoms with Gasteiger partial charge < -0.3 is 15.8 Å². The Morgan fingerprint density at radius 3 is 3.11 bits per heavy atom. The van der Waals surface area contributed by atoms with Gasteiger partial charge in [0.1, 0.15) is 10.7 Å². The van der Waals surface area contributed by atoms with Crippen LogP contribution in [0.25, 0.3) is 0 Å². The first-order chi connectivity index (χ1) is 8.75. The Hall–Kier alpha value is -1.27. The minimum Gasteiger partial charge on any atom is -0.388 e. The summed E-state index contributed by atoms with van der Waals surface area (Å²) >= 11 is 4.86. The second-order valence-corrected chi connectivity index (χ2v) is 4.87. The van der Waals surface area contributed by atoms with Crippen LogP contribution in [0.1, 0.15) is 25.0 Å². The average Bonchev–Trinajstić information content (AvgIpc) is 3.18. The number of nitrogens with zero attached hydrogens (tertiary/aromatic N) is 2. The molecule has 0 amide bonds. The van der Waals surface area contributed by atoms with Crippen molar-refractivity contribution in [3.8, 4) is 0 Å². The molecule has 0 saturated heterocycles. The predicted octanol–water partition coefficient (Wildman–Crippen LogP) is 1.34. The van der Waals surface area contributed by atoms with Crippen molar-refractivity contribution in [2.24, 2.45) is 11.7 Å². The molecule has 0 radical (unpaired) electrons. The van der Waals surface area contributed by atoms with Crippen LogP contribution in [0.3, 0.4) is 0 Å². The lowest BCUT2D eigenvalue weighted by atomic mass is 10.4. The summed E-state index contributed by atoms with van der Waals surface area (Å²) in [6, 6.07) is 1.70. The van der Waals surface area contributed by atoms with E-state index in [4.69, 9.17) is 22.7 Å². The van der Waals surface area contributed by atoms with Gasteiger partial charge in [0.15, 0.2) is 0 Å². The fraction of sp³-hybridized carbons (Fsp3) is 0.583. The molecule has 98 valence electrons. The molecule has 5 nitrogen and oxygen atoms in total. The van der Waals surface area contributed by atoms with Crippen LogP contribution in [0.2, 0.25) is 0 Å². The molecule has 0 atom stereocenters. The zero-order valence-corrected chi connectivity index (χ0v) is 11.1. The third-order valence-corrected chi connectivity index (χ3v) is 2.92. The van der Waals surface area contributed by atoms with Crippen LogP contribution in [-0.2, 0) is 4.74 Å². The lowest BCUT2D eigenvalue weighted by Gasteiger charge is -2.06. The molecular formula is C12H18N4OS. The number of nitrogens with one attached hydrogen (secondary N) is 1. The van der Waals surface area contributed by atoms with Crippen LogP contribution in [-0.4, -0.2) is 34.7 Å². The monoisotopic (exact) mass is 266 g/mol. The maximum atomic E-state index is 5.54. The van der Waals surface area contributed by atoms with E-state index in [0.29, 0.717) is 11.6 Å². The van der Waals surface area contributed by atoms with E-state index < -0.39 is 0 Å². The molecule has 1 aliphatic carbocycles. The summed E-state index contributed by atoms with van der Waals surface area (Å²) in [5.41, 5.74) is 6.09. The summed E-state index contributed by atoms with van der Waals surface area (Å²) in [5.74, 6) is 1.38. The molecule has 1 aliphatic rings. The van der Waals surface area contributed by atoms with Crippen LogP contribution in [0.4, 0.5) is 5.95 Å². The lowest BCUT2D eigenvalue weighted by molar-refractivity contribution is 0.124. The summed E-state index contributed by atoms with van der Waals surface area (Å²) in [4.78, 5) is 8.58. The minimum absolute atomic E-state index is 0.285. The van der Waals surface area contributed by atoms with Gasteiger partial charge in [0.2, 0.25) is 5.95 Å². The normalized spacial score (nSPS) is 14.4. The second-order valence-electron chi connectivity index (χ2n) is 4.43. The van der Waals surface area contributed by atoms with E-state index in [1.807, 2.05) is 0 Å². The number of anilines is 1. The molecule has 1 aromatic heterocycles. The molecular weight excluding hydrogens is 248 g/mol. The van der Waals surface area contributed by atoms with Crippen molar-refractivity contribution in [3.05, 3.63) is 18.0 Å². The summed E-state index contributed by atoms with van der Waals surface area (Å²) in [6.07, 6.45) is 5.25. The molecule has 0 spiro atoms. The molecule has 3 N–H and O–H groups in total. The Balaban J connectivity index is 1.62. The first-order valence-corrected chi connectivity index (χ1v) is 6.61. The first-order valence-electron chi connectivity index (χ1n) is 6.20. The van der Waals surface area contributed by atoms with E-state index in [0.717, 1.165) is 32.1 Å². The van der Waals surface area contributed by atoms with Gasteiger partial charge in [0, 0.05) is 26.0 Å². The van der Waals surface area contributed by atoms with Crippen LogP contribution < -0.4 is 11.1 Å². The standard InChI is InChI=1S/C12H18N4OS/c13-11(18)10-4-6-15-12(16-10)14-5-1-7-17-8-9-2-3-9/h4,6,9H,1-3,5,7-8H2,(H2,13,18)(H,14,15,16). The maximum absolute atomic E-state index is 5.54. The number of rotatable bonds is 8. The molecule has 0 unspecified atom stereocenters. The molecule has 1 heterocycles. The molecule has 0 aromatic carbocycles. The van der Waals surface area contributed by atoms with Crippen LogP contribution in [0.15, 0.2) is 12.3 Å². The molecule has 18 heavy (non-hydrogen) atoms. The van der Waals surface area contributed by atoms with Crippen LogP contribution in [0.5, 0.6) is 0 Å². The highest BCUT2D eigenvalue weighted by molar-refractivity contribution is 7.80. The molecule has 0 aliphatic heterocycles. The fourth-order valence-corrected chi connectivity index (χ4v) is 1.60. The van der Waals surface area contributed by atoms with E-state index >= 15 is 0 Å². The maximum Gasteiger partial charge on any atom is 0.223 e. The second kappa shape index (κ2) is 6.61. The number of hydrogen-bond donors (Lipinski definition) is 2. The van der Waals surface area contributed by atoms with E-state index in [1.54, 1.807) is 12.3 Å². The van der Waals surface area contributed by atoms with Crippen molar-refractivity contribution in [3.63, 3.8) is 0 Å². The Morgan fingerprint density at radius 1 is 1.56 bits per heavy atom. The highest BCUT2D eigenvalue weighted by Crippen LogP contribution is 2.28. The van der Waals surface area contributed by atoms with E-state index in [9.17, 15) is 0 Å². The Labute approximate surface area is 112 Å². The van der Waals surface area contributed by atoms with Crippen LogP contribution in [0, 0.1) is 5.92 Å². The number of nitrogens with two attached hydrogens (primary N) is 1. The summed E-state index contributed by atoms with van der Waals surface area (Å²) < 4.78 is 5.54. The number of hydrogen-bond acceptors (Lipinski definition) is 5. The smallest absolute Gasteiger partial charge is 0.223 e. The fourth-order valence-electron chi connectivity index (χ4n) is 1.49. The topological polar surface area (TPSA) is 73.1 Å². The molecule has 1 fully saturated rings. The number of thiocarbonyl (C=S) groups is 1. The van der Waals surface area contributed by atoms with E-state index in [2.05, 4.69) is 15.3 Å². The van der Waals surface area contributed by atoms with Gasteiger partial charge in [0.05, 0.1) is 0 Å². The van der Waals surface area contributed by atoms with Crippen molar-refractivity contribution in [1.29, 1.82) is 0 Å². The van der Waals surface area contributed by atoms with Gasteiger partial charge in [-0.3, -0.25) is 0 Å². The van der Waals surface area contributed by atoms with Crippen molar-refractivity contribution in [2.75, 3.05) is 25.1 Å². The molecule has 0 bridgehead atoms. The summed E-state index contributed by atoms with van der Waals surface area (Å²) in [5, 5.41) is 3.13. The third-order valence-electron chi connectivity index (χ3n) is 2.71. The van der Waals surface area contributed by atoms with Gasteiger partial charge in [-0.15, -0.1) is 0 Å². The number of ether oxygens (including phenoxy) is 1. The van der Waals surface area contributed by atoms with Crippen molar-refractivity contribution in [2.45, 2.75) is 19.3 Å². The van der Waals surface area contributed by atoms with Crippen molar-refractivity contribution < 1.29 is 4.74 Å². The van der Waals surface area contributed by atoms with E-state index in [-0.39, 0.29) is 4.99 Å². The first kappa shape index (κ1) is 13.2. The Bertz CT molecular complexity index is 409. The largest absolute Gasteiger partial charge is 0.388 e. The average molecular weight is 266 g/mol. The van der Waals surface area contributed by atoms with E-state index in [1.165, 1.54) is 12.8 Å². The Morgan fingerprint density at radius 2 is 2.39 bits per heavy atom. The Kier molecular flexibility index (Phi) is 4.83. The zero-order valence-electron chi connectivity index (χ0n) is 10.3. The molecule has 1 saturated carbocycles. The third kappa shape index (κ3) is 4.54. The number of aromatic nitrogens is 2. The highest BCUT2D eigenvalue weighted by Gasteiger charge is 2.20. The van der Waals surface area contributed by atoms with Gasteiger partial charge in [-0.05, 0) is 31.2 Å². The highest BCUT2D eigenvalue weighted by atomic mass is 32.1. The van der Waals surface area contributed by atoms with Gasteiger partial charge in [0.25, 0.3) is 0 Å². The molecule has 6 heteroatoms. The van der Waals surface area contributed by atoms with Gasteiger partial charge >= 0.3 is 0 Å². The minimum atomic E-state index is 0.285. The van der Waals surface area contributed by atoms with Crippen molar-refractivity contribution >= 4 is 23.2 Å². The van der Waals surface area contributed by atoms with Gasteiger partial charge in [-0.25, -0.2) is 9.97 Å². The van der Waals surface area contributed by atoms with Gasteiger partial charge in [-0.2, -0.15) is 0 Å². The van der Waals surface area contributed by atoms with Crippen molar-refractivity contribution in [1.82, 2.24) is 9.97 Å². The summed E-state index contributed by atoms with van der Waals surface area (Å²) in [7, 11) is 0. The molecule has 1 aromatic rings. The van der Waals surface area contributed by atoms with Gasteiger partial charge in [-0.1, -0.05) is 12.2 Å². The lowest BCUT2D eigenvalue weighted by Crippen LogP contribution is -2.14. The molecule has 2 rings (SSSR count). The SMILES string of the molecule is NC(=S)c1ccnc(NCCCOCC2CC2)n1. The predicted molar refractivity (Wildman–Crippen MR) is 74.6 cm³/mol. The zero-order chi connectivity index (χ0) is 12.8. The quantitative estimate of drug-likeness (QED) is 0.546. The van der Waals surface area contributed by atoms with Crippen LogP contribution >= 0.6 is 12.2 Å². The summed E-state index contributed by atoms with van der Waals surface area (Å²) in [6.45, 7) is 2.47.